The number of ether oxygens (including phenoxy) is 1. The van der Waals surface area contributed by atoms with Gasteiger partial charge in [0.25, 0.3) is 0 Å². The summed E-state index contributed by atoms with van der Waals surface area (Å²) in [6, 6.07) is 10.1. The molecular weight excluding hydrogens is 352 g/mol. The van der Waals surface area contributed by atoms with Gasteiger partial charge in [-0.25, -0.2) is 18.1 Å². The molecule has 1 fully saturated rings. The van der Waals surface area contributed by atoms with E-state index >= 15 is 0 Å². The van der Waals surface area contributed by atoms with Crippen LogP contribution in [0.5, 0.6) is 5.88 Å². The van der Waals surface area contributed by atoms with Crippen LogP contribution in [0.4, 0.5) is 0 Å². The molecule has 0 aliphatic heterocycles. The van der Waals surface area contributed by atoms with E-state index in [1.807, 2.05) is 13.0 Å². The fraction of sp³-hybridized carbons (Fsp3) is 0.421. The third-order valence-electron chi connectivity index (χ3n) is 4.86. The molecule has 2 aromatic rings. The Kier molecular flexibility index (Phi) is 5.60. The Balaban J connectivity index is 1.84. The highest BCUT2D eigenvalue weighted by Gasteiger charge is 2.34. The van der Waals surface area contributed by atoms with Crippen LogP contribution in [0.25, 0.3) is 0 Å². The topological polar surface area (TPSA) is 88.5 Å². The number of nitrogens with zero attached hydrogens (tertiary/aromatic N) is 1. The lowest BCUT2D eigenvalue weighted by Crippen LogP contribution is -2.43. The Morgan fingerprint density at radius 2 is 1.88 bits per heavy atom. The molecule has 3 atom stereocenters. The summed E-state index contributed by atoms with van der Waals surface area (Å²) in [5, 5.41) is 10.1. The van der Waals surface area contributed by atoms with Crippen molar-refractivity contribution < 1.29 is 18.3 Å². The van der Waals surface area contributed by atoms with Crippen molar-refractivity contribution in [3.63, 3.8) is 0 Å². The van der Waals surface area contributed by atoms with E-state index < -0.39 is 16.1 Å². The standard InChI is InChI=1S/C19H24N2O4S/c1-13-3-7-16(8-4-13)26(23,24)21-18-9-6-15(22)11-17(18)14-5-10-19(25-2)20-12-14/h3-5,7-8,10,12,15,17-18,21-22H,6,9,11H2,1-2H3/t15-,17+,18+/m0/s1. The molecule has 0 amide bonds. The predicted molar refractivity (Wildman–Crippen MR) is 98.7 cm³/mol. The summed E-state index contributed by atoms with van der Waals surface area (Å²) in [6.07, 6.45) is 2.88. The number of nitrogens with one attached hydrogen (secondary N) is 1. The first-order chi connectivity index (χ1) is 12.4. The van der Waals surface area contributed by atoms with Gasteiger partial charge >= 0.3 is 0 Å². The van der Waals surface area contributed by atoms with Gasteiger partial charge in [-0.15, -0.1) is 0 Å². The van der Waals surface area contributed by atoms with Gasteiger partial charge in [0, 0.05) is 24.2 Å². The number of sulfonamides is 1. The first-order valence-corrected chi connectivity index (χ1v) is 10.1. The van der Waals surface area contributed by atoms with Crippen LogP contribution in [0.3, 0.4) is 0 Å². The average Bonchev–Trinajstić information content (AvgIpc) is 2.63. The normalized spacial score (nSPS) is 23.6. The molecule has 7 heteroatoms. The second kappa shape index (κ2) is 7.73. The van der Waals surface area contributed by atoms with Gasteiger partial charge in [0.2, 0.25) is 15.9 Å². The summed E-state index contributed by atoms with van der Waals surface area (Å²) in [5.74, 6) is 0.360. The number of methoxy groups -OCH3 is 1. The zero-order valence-electron chi connectivity index (χ0n) is 14.9. The number of aliphatic hydroxyl groups is 1. The lowest BCUT2D eigenvalue weighted by atomic mass is 9.79. The van der Waals surface area contributed by atoms with Gasteiger partial charge in [-0.05, 0) is 43.9 Å². The molecule has 1 aromatic heterocycles. The zero-order chi connectivity index (χ0) is 18.7. The summed E-state index contributed by atoms with van der Waals surface area (Å²) in [5.41, 5.74) is 1.90. The van der Waals surface area contributed by atoms with Gasteiger partial charge in [0.05, 0.1) is 18.1 Å². The molecule has 1 aliphatic carbocycles. The Hall–Kier alpha value is -1.96. The Bertz CT molecular complexity index is 835. The summed E-state index contributed by atoms with van der Waals surface area (Å²) >= 11 is 0. The molecule has 0 spiro atoms. The molecule has 2 N–H and O–H groups in total. The van der Waals surface area contributed by atoms with E-state index in [9.17, 15) is 13.5 Å². The van der Waals surface area contributed by atoms with Crippen LogP contribution in [0.15, 0.2) is 47.5 Å². The van der Waals surface area contributed by atoms with Crippen LogP contribution in [-0.4, -0.2) is 37.8 Å². The number of aryl methyl sites for hydroxylation is 1. The van der Waals surface area contributed by atoms with Crippen molar-refractivity contribution in [1.82, 2.24) is 9.71 Å². The molecule has 1 heterocycles. The maximum absolute atomic E-state index is 12.8. The van der Waals surface area contributed by atoms with E-state index in [0.717, 1.165) is 11.1 Å². The van der Waals surface area contributed by atoms with Crippen LogP contribution in [-0.2, 0) is 10.0 Å². The van der Waals surface area contributed by atoms with Crippen LogP contribution >= 0.6 is 0 Å². The van der Waals surface area contributed by atoms with Crippen molar-refractivity contribution in [2.45, 2.75) is 49.1 Å². The van der Waals surface area contributed by atoms with Gasteiger partial charge in [-0.2, -0.15) is 0 Å². The second-order valence-electron chi connectivity index (χ2n) is 6.75. The molecule has 0 saturated heterocycles. The zero-order valence-corrected chi connectivity index (χ0v) is 15.7. The molecule has 1 saturated carbocycles. The van der Waals surface area contributed by atoms with Gasteiger partial charge in [0.1, 0.15) is 0 Å². The number of pyridine rings is 1. The fourth-order valence-corrected chi connectivity index (χ4v) is 4.69. The number of aromatic nitrogens is 1. The number of benzene rings is 1. The molecule has 26 heavy (non-hydrogen) atoms. The van der Waals surface area contributed by atoms with E-state index in [0.29, 0.717) is 25.1 Å². The van der Waals surface area contributed by atoms with Crippen molar-refractivity contribution in [3.05, 3.63) is 53.7 Å². The van der Waals surface area contributed by atoms with Crippen molar-refractivity contribution in [2.24, 2.45) is 0 Å². The van der Waals surface area contributed by atoms with Crippen molar-refractivity contribution >= 4 is 10.0 Å². The average molecular weight is 376 g/mol. The highest BCUT2D eigenvalue weighted by atomic mass is 32.2. The summed E-state index contributed by atoms with van der Waals surface area (Å²) in [7, 11) is -2.08. The maximum atomic E-state index is 12.8. The van der Waals surface area contributed by atoms with E-state index in [4.69, 9.17) is 4.74 Å². The molecule has 0 bridgehead atoms. The van der Waals surface area contributed by atoms with Crippen molar-refractivity contribution in [3.8, 4) is 5.88 Å². The molecule has 140 valence electrons. The quantitative estimate of drug-likeness (QED) is 0.836. The molecular formula is C19H24N2O4S. The van der Waals surface area contributed by atoms with E-state index in [-0.39, 0.29) is 16.9 Å². The highest BCUT2D eigenvalue weighted by Crippen LogP contribution is 2.34. The third-order valence-corrected chi connectivity index (χ3v) is 6.36. The lowest BCUT2D eigenvalue weighted by Gasteiger charge is -2.34. The first kappa shape index (κ1) is 18.8. The second-order valence-corrected chi connectivity index (χ2v) is 8.46. The van der Waals surface area contributed by atoms with Crippen LogP contribution in [0.1, 0.15) is 36.3 Å². The van der Waals surface area contributed by atoms with E-state index in [1.54, 1.807) is 43.6 Å². The largest absolute Gasteiger partial charge is 0.481 e. The molecule has 1 aliphatic rings. The Morgan fingerprint density at radius 1 is 1.15 bits per heavy atom. The van der Waals surface area contributed by atoms with Crippen molar-refractivity contribution in [1.29, 1.82) is 0 Å². The van der Waals surface area contributed by atoms with Crippen molar-refractivity contribution in [2.75, 3.05) is 7.11 Å². The highest BCUT2D eigenvalue weighted by molar-refractivity contribution is 7.89. The van der Waals surface area contributed by atoms with Gasteiger partial charge in [0.15, 0.2) is 0 Å². The Morgan fingerprint density at radius 3 is 2.50 bits per heavy atom. The Labute approximate surface area is 154 Å². The summed E-state index contributed by atoms with van der Waals surface area (Å²) in [4.78, 5) is 4.47. The van der Waals surface area contributed by atoms with E-state index in [1.165, 1.54) is 0 Å². The smallest absolute Gasteiger partial charge is 0.240 e. The lowest BCUT2D eigenvalue weighted by molar-refractivity contribution is 0.108. The number of hydrogen-bond donors (Lipinski definition) is 2. The minimum atomic E-state index is -3.62. The van der Waals surface area contributed by atoms with Crippen LogP contribution in [0, 0.1) is 6.92 Å². The molecule has 6 nitrogen and oxygen atoms in total. The first-order valence-electron chi connectivity index (χ1n) is 8.66. The number of hydrogen-bond acceptors (Lipinski definition) is 5. The van der Waals surface area contributed by atoms with Gasteiger partial charge < -0.3 is 9.84 Å². The molecule has 0 radical (unpaired) electrons. The number of rotatable bonds is 5. The molecule has 3 rings (SSSR count). The van der Waals surface area contributed by atoms with Crippen LogP contribution < -0.4 is 9.46 Å². The fourth-order valence-electron chi connectivity index (χ4n) is 3.37. The van der Waals surface area contributed by atoms with E-state index in [2.05, 4.69) is 9.71 Å². The minimum absolute atomic E-state index is 0.141. The number of aliphatic hydroxyl groups excluding tert-OH is 1. The third kappa shape index (κ3) is 4.23. The SMILES string of the molecule is COc1ccc([C@H]2C[C@@H](O)CC[C@H]2NS(=O)(=O)c2ccc(C)cc2)cn1. The monoisotopic (exact) mass is 376 g/mol. The van der Waals surface area contributed by atoms with Gasteiger partial charge in [-0.1, -0.05) is 23.8 Å². The predicted octanol–water partition coefficient (Wildman–Crippen LogP) is 2.37. The summed E-state index contributed by atoms with van der Waals surface area (Å²) < 4.78 is 33.4. The van der Waals surface area contributed by atoms with Gasteiger partial charge in [-0.3, -0.25) is 0 Å². The maximum Gasteiger partial charge on any atom is 0.240 e. The van der Waals surface area contributed by atoms with Crippen LogP contribution in [0.2, 0.25) is 0 Å². The summed E-state index contributed by atoms with van der Waals surface area (Å²) in [6.45, 7) is 1.92. The molecule has 1 aromatic carbocycles. The minimum Gasteiger partial charge on any atom is -0.481 e. The molecule has 0 unspecified atom stereocenters.